The van der Waals surface area contributed by atoms with Gasteiger partial charge in [0.05, 0.1) is 24.6 Å². The average Bonchev–Trinajstić information content (AvgIpc) is 2.14. The van der Waals surface area contributed by atoms with Crippen molar-refractivity contribution < 1.29 is 0 Å². The zero-order valence-corrected chi connectivity index (χ0v) is 14.6. The lowest BCUT2D eigenvalue weighted by Gasteiger charge is -2.23. The summed E-state index contributed by atoms with van der Waals surface area (Å²) in [6, 6.07) is 0. The number of hydrogen-bond acceptors (Lipinski definition) is 0. The van der Waals surface area contributed by atoms with Gasteiger partial charge in [-0.25, -0.2) is 0 Å². The highest BCUT2D eigenvalue weighted by atomic mass is 127. The third kappa shape index (κ3) is 6.88. The predicted octanol–water partition coefficient (Wildman–Crippen LogP) is 4.90. The molecule has 0 aliphatic rings. The molecule has 0 bridgehead atoms. The Bertz CT molecular complexity index is 94.8. The van der Waals surface area contributed by atoms with E-state index in [1.165, 1.54) is 35.8 Å². The Hall–Kier alpha value is 1.89. The first-order chi connectivity index (χ1) is 5.74. The van der Waals surface area contributed by atoms with E-state index in [1.54, 1.807) is 6.16 Å². The van der Waals surface area contributed by atoms with Crippen LogP contribution in [0.2, 0.25) is 0 Å². The van der Waals surface area contributed by atoms with Crippen molar-refractivity contribution in [2.75, 3.05) is 29.1 Å². The normalized spacial score (nSPS) is 11.1. The molecule has 82 valence electrons. The van der Waals surface area contributed by atoms with E-state index in [0.29, 0.717) is 0 Å². The number of halogens is 2. The fourth-order valence-corrected chi connectivity index (χ4v) is 5.41. The summed E-state index contributed by atoms with van der Waals surface area (Å²) in [6.45, 7) is 7.18. The van der Waals surface area contributed by atoms with Crippen molar-refractivity contribution in [3.63, 3.8) is 0 Å². The van der Waals surface area contributed by atoms with E-state index in [2.05, 4.69) is 43.4 Å². The zero-order chi connectivity index (χ0) is 9.45. The third-order valence-corrected chi connectivity index (χ3v) is 9.08. The molecule has 0 atom stereocenters. The lowest BCUT2D eigenvalue weighted by molar-refractivity contribution is 0.903. The van der Waals surface area contributed by atoms with Crippen LogP contribution in [0.3, 0.4) is 0 Å². The Balaban J connectivity index is 0. The highest BCUT2D eigenvalue weighted by molar-refractivity contribution is 14.1. The maximum Gasteiger partial charge on any atom is 0.0594 e. The van der Waals surface area contributed by atoms with Crippen molar-refractivity contribution >= 4 is 53.8 Å². The minimum Gasteiger partial charge on any atom is -0.107 e. The molecule has 0 aromatic heterocycles. The molecule has 0 nitrogen and oxygen atoms in total. The van der Waals surface area contributed by atoms with Gasteiger partial charge < -0.3 is 0 Å². The van der Waals surface area contributed by atoms with Crippen molar-refractivity contribution in [3.8, 4) is 0 Å². The molecule has 0 rings (SSSR count). The van der Waals surface area contributed by atoms with E-state index < -0.39 is 7.26 Å². The molecule has 0 N–H and O–H groups in total. The predicted molar refractivity (Wildman–Crippen MR) is 86.9 cm³/mol. The smallest absolute Gasteiger partial charge is 0.0594 e. The Labute approximate surface area is 116 Å². The summed E-state index contributed by atoms with van der Waals surface area (Å²) in [5.74, 6) is 0. The quantitative estimate of drug-likeness (QED) is 0.234. The summed E-state index contributed by atoms with van der Waals surface area (Å²) in [5.41, 5.74) is 0. The second-order valence-electron chi connectivity index (χ2n) is 3.41. The molecule has 3 heteroatoms. The van der Waals surface area contributed by atoms with Gasteiger partial charge in [0.2, 0.25) is 0 Å². The third-order valence-electron chi connectivity index (χ3n) is 3.03. The molecule has 0 unspecified atom stereocenters. The molecule has 0 saturated carbocycles. The minimum absolute atomic E-state index is 0. The van der Waals surface area contributed by atoms with E-state index in [1.807, 2.05) is 0 Å². The molecule has 0 aliphatic heterocycles. The summed E-state index contributed by atoms with van der Waals surface area (Å²) in [4.78, 5) is 0. The number of rotatable bonds is 7. The summed E-state index contributed by atoms with van der Waals surface area (Å²) in [6.07, 6.45) is 8.89. The molecule has 0 aromatic carbocycles. The van der Waals surface area contributed by atoms with Crippen LogP contribution in [-0.2, 0) is 0 Å². The van der Waals surface area contributed by atoms with Gasteiger partial charge in [-0.15, -0.1) is 24.0 Å². The maximum atomic E-state index is 2.49. The summed E-state index contributed by atoms with van der Waals surface area (Å²) in [7, 11) is -0.472. The van der Waals surface area contributed by atoms with Crippen LogP contribution < -0.4 is 0 Å². The van der Waals surface area contributed by atoms with Gasteiger partial charge in [-0.05, 0) is 38.0 Å². The fourth-order valence-electron chi connectivity index (χ4n) is 1.69. The van der Waals surface area contributed by atoms with Crippen LogP contribution in [0.4, 0.5) is 0 Å². The van der Waals surface area contributed by atoms with E-state index >= 15 is 0 Å². The van der Waals surface area contributed by atoms with Crippen LogP contribution in [-0.4, -0.2) is 29.1 Å². The maximum absolute atomic E-state index is 2.49. The summed E-state index contributed by atoms with van der Waals surface area (Å²) in [5, 5.41) is 0. The number of unbranched alkanes of at least 4 members (excludes halogenated alkanes) is 1. The SMILES string of the molecule is CC[P+](CC)(CC)CCCCI.I. The Morgan fingerprint density at radius 2 is 1.38 bits per heavy atom. The second-order valence-corrected chi connectivity index (χ2v) is 9.52. The lowest BCUT2D eigenvalue weighted by atomic mass is 10.4. The van der Waals surface area contributed by atoms with E-state index in [-0.39, 0.29) is 24.0 Å². The monoisotopic (exact) mass is 429 g/mol. The molecule has 0 radical (unpaired) electrons. The Morgan fingerprint density at radius 1 is 0.923 bits per heavy atom. The Kier molecular flexibility index (Phi) is 13.8. The van der Waals surface area contributed by atoms with Gasteiger partial charge in [0.15, 0.2) is 0 Å². The summed E-state index contributed by atoms with van der Waals surface area (Å²) < 4.78 is 1.34. The zero-order valence-electron chi connectivity index (χ0n) is 9.18. The van der Waals surface area contributed by atoms with Gasteiger partial charge in [-0.2, -0.15) is 0 Å². The van der Waals surface area contributed by atoms with Gasteiger partial charge in [0.1, 0.15) is 0 Å². The van der Waals surface area contributed by atoms with Gasteiger partial charge in [-0.3, -0.25) is 0 Å². The van der Waals surface area contributed by atoms with Gasteiger partial charge >= 0.3 is 0 Å². The van der Waals surface area contributed by atoms with Crippen LogP contribution >= 0.6 is 53.8 Å². The van der Waals surface area contributed by atoms with Crippen LogP contribution in [0.5, 0.6) is 0 Å². The highest BCUT2D eigenvalue weighted by Crippen LogP contribution is 2.58. The molecular formula is C10H24I2P+. The second kappa shape index (κ2) is 10.4. The van der Waals surface area contributed by atoms with E-state index in [0.717, 1.165) is 0 Å². The van der Waals surface area contributed by atoms with Crippen molar-refractivity contribution in [1.82, 2.24) is 0 Å². The first kappa shape index (κ1) is 17.3. The topological polar surface area (TPSA) is 0 Å². The van der Waals surface area contributed by atoms with Gasteiger partial charge in [0.25, 0.3) is 0 Å². The summed E-state index contributed by atoms with van der Waals surface area (Å²) >= 11 is 2.49. The van der Waals surface area contributed by atoms with Crippen LogP contribution in [0.1, 0.15) is 33.6 Å². The molecule has 0 saturated heterocycles. The molecule has 0 aliphatic carbocycles. The molecule has 13 heavy (non-hydrogen) atoms. The average molecular weight is 429 g/mol. The van der Waals surface area contributed by atoms with Crippen molar-refractivity contribution in [2.24, 2.45) is 0 Å². The fraction of sp³-hybridized carbons (Fsp3) is 1.00. The number of hydrogen-bond donors (Lipinski definition) is 0. The number of alkyl halides is 1. The van der Waals surface area contributed by atoms with Crippen LogP contribution in [0, 0.1) is 0 Å². The Morgan fingerprint density at radius 3 is 1.69 bits per heavy atom. The standard InChI is InChI=1S/C10H23IP.HI/c1-4-12(5-2,6-3)10-8-7-9-11;/h4-10H2,1-3H3;1H/q+1;. The van der Waals surface area contributed by atoms with Gasteiger partial charge in [0, 0.05) is 7.26 Å². The van der Waals surface area contributed by atoms with E-state index in [9.17, 15) is 0 Å². The van der Waals surface area contributed by atoms with Crippen LogP contribution in [0.15, 0.2) is 0 Å². The first-order valence-corrected chi connectivity index (χ1v) is 9.21. The molecule has 0 heterocycles. The van der Waals surface area contributed by atoms with Crippen molar-refractivity contribution in [3.05, 3.63) is 0 Å². The van der Waals surface area contributed by atoms with Crippen molar-refractivity contribution in [2.45, 2.75) is 33.6 Å². The van der Waals surface area contributed by atoms with Gasteiger partial charge in [-0.1, -0.05) is 22.6 Å². The minimum atomic E-state index is -0.472. The molecule has 0 aromatic rings. The molecule has 0 fully saturated rings. The molecule has 0 amide bonds. The van der Waals surface area contributed by atoms with E-state index in [4.69, 9.17) is 0 Å². The molecular weight excluding hydrogens is 405 g/mol. The van der Waals surface area contributed by atoms with Crippen LogP contribution in [0.25, 0.3) is 0 Å². The first-order valence-electron chi connectivity index (χ1n) is 5.15. The lowest BCUT2D eigenvalue weighted by Crippen LogP contribution is -2.07. The van der Waals surface area contributed by atoms with Crippen molar-refractivity contribution in [1.29, 1.82) is 0 Å². The molecule has 0 spiro atoms. The largest absolute Gasteiger partial charge is 0.107 e. The highest BCUT2D eigenvalue weighted by Gasteiger charge is 2.29.